The number of primary amides is 1. The molecule has 2 aromatic carbocycles. The molecule has 77 heavy (non-hydrogen) atoms. The molecule has 414 valence electrons. The Morgan fingerprint density at radius 1 is 0.870 bits per heavy atom. The number of nitrogens with two attached hydrogens (primary N) is 1. The Kier molecular flexibility index (Phi) is 22.4. The number of urea groups is 1. The smallest absolute Gasteiger partial charge is 0.433 e. The van der Waals surface area contributed by atoms with Crippen molar-refractivity contribution in [3.05, 3.63) is 93.2 Å². The van der Waals surface area contributed by atoms with Crippen LogP contribution in [-0.2, 0) is 54.4 Å². The van der Waals surface area contributed by atoms with Gasteiger partial charge in [-0.05, 0) is 92.6 Å². The van der Waals surface area contributed by atoms with E-state index in [-0.39, 0.29) is 130 Å². The lowest BCUT2D eigenvalue weighted by atomic mass is 9.89. The van der Waals surface area contributed by atoms with Crippen molar-refractivity contribution in [2.75, 3.05) is 56.3 Å². The number of rotatable bonds is 30. The van der Waals surface area contributed by atoms with Crippen molar-refractivity contribution >= 4 is 82.7 Å². The number of anilines is 2. The number of nitro groups is 1. The van der Waals surface area contributed by atoms with Gasteiger partial charge >= 0.3 is 24.0 Å². The maximum absolute atomic E-state index is 13.7. The first-order valence-corrected chi connectivity index (χ1v) is 25.2. The number of esters is 1. The zero-order valence-electron chi connectivity index (χ0n) is 43.4. The summed E-state index contributed by atoms with van der Waals surface area (Å²) >= 11 is 0. The van der Waals surface area contributed by atoms with Crippen molar-refractivity contribution in [1.82, 2.24) is 25.9 Å². The minimum absolute atomic E-state index is 0.00106. The second-order valence-electron chi connectivity index (χ2n) is 18.5. The van der Waals surface area contributed by atoms with E-state index >= 15 is 0 Å². The SMILES string of the molecule is CCOC(=O)c1ccc(N2C(=O)/C(=C\c3ccc([N+](=O)[O-])o3)C(=O)N2CCOCCNC(=O)OCc2ccc(NC(=O)[C@H](CCCNC(N)=O)CC(=O)[C@@H](NC(=O)CCCCCN3C(=O)CC(C)C3=O)C(C)C)cc2)cc1. The number of likely N-dealkylation sites (tertiary alicyclic amines) is 1. The van der Waals surface area contributed by atoms with Crippen LogP contribution in [0.4, 0.5) is 26.8 Å². The number of furan rings is 1. The number of benzene rings is 2. The molecular weight excluding hydrogens is 1010 g/mol. The molecule has 9 amide bonds. The van der Waals surface area contributed by atoms with Gasteiger partial charge in [0.25, 0.3) is 11.8 Å². The van der Waals surface area contributed by atoms with Crippen LogP contribution in [0.3, 0.4) is 0 Å². The van der Waals surface area contributed by atoms with Crippen LogP contribution in [0.5, 0.6) is 0 Å². The van der Waals surface area contributed by atoms with Crippen molar-refractivity contribution in [3.63, 3.8) is 0 Å². The summed E-state index contributed by atoms with van der Waals surface area (Å²) in [5, 5.41) is 24.0. The minimum atomic E-state index is -0.875. The van der Waals surface area contributed by atoms with E-state index in [4.69, 9.17) is 24.4 Å². The van der Waals surface area contributed by atoms with E-state index in [9.17, 15) is 58.1 Å². The molecule has 0 aliphatic carbocycles. The molecule has 3 aromatic rings. The van der Waals surface area contributed by atoms with Crippen LogP contribution >= 0.6 is 0 Å². The number of imide groups is 1. The van der Waals surface area contributed by atoms with Crippen molar-refractivity contribution < 1.29 is 71.5 Å². The van der Waals surface area contributed by atoms with Crippen LogP contribution in [0.15, 0.2) is 70.7 Å². The number of amides is 9. The van der Waals surface area contributed by atoms with E-state index < -0.39 is 58.6 Å². The van der Waals surface area contributed by atoms with Crippen LogP contribution in [0.1, 0.15) is 101 Å². The summed E-state index contributed by atoms with van der Waals surface area (Å²) in [5.74, 6) is -5.78. The lowest BCUT2D eigenvalue weighted by Crippen LogP contribution is -2.45. The van der Waals surface area contributed by atoms with E-state index in [1.165, 1.54) is 35.2 Å². The average molecular weight is 1070 g/mol. The van der Waals surface area contributed by atoms with Gasteiger partial charge in [-0.3, -0.25) is 48.6 Å². The third-order valence-corrected chi connectivity index (χ3v) is 12.3. The third kappa shape index (κ3) is 17.5. The summed E-state index contributed by atoms with van der Waals surface area (Å²) in [7, 11) is 0. The highest BCUT2D eigenvalue weighted by Gasteiger charge is 2.42. The van der Waals surface area contributed by atoms with Gasteiger partial charge in [-0.25, -0.2) is 24.4 Å². The van der Waals surface area contributed by atoms with Gasteiger partial charge < -0.3 is 45.6 Å². The first-order chi connectivity index (χ1) is 36.8. The van der Waals surface area contributed by atoms with Crippen molar-refractivity contribution in [1.29, 1.82) is 0 Å². The first-order valence-electron chi connectivity index (χ1n) is 25.2. The molecule has 2 aliphatic heterocycles. The lowest BCUT2D eigenvalue weighted by Gasteiger charge is -2.27. The number of ether oxygens (including phenoxy) is 3. The van der Waals surface area contributed by atoms with Crippen molar-refractivity contribution in [3.8, 4) is 0 Å². The molecule has 6 N–H and O–H groups in total. The molecular formula is C52H65N9O16. The summed E-state index contributed by atoms with van der Waals surface area (Å²) in [5.41, 5.74) is 6.25. The third-order valence-electron chi connectivity index (χ3n) is 12.3. The van der Waals surface area contributed by atoms with E-state index in [2.05, 4.69) is 21.3 Å². The highest BCUT2D eigenvalue weighted by atomic mass is 16.6. The molecule has 2 aliphatic rings. The number of hydrogen-bond donors (Lipinski definition) is 5. The van der Waals surface area contributed by atoms with Gasteiger partial charge in [-0.1, -0.05) is 39.3 Å². The Balaban J connectivity index is 1.07. The molecule has 0 radical (unpaired) electrons. The zero-order chi connectivity index (χ0) is 56.2. The Bertz CT molecular complexity index is 2670. The van der Waals surface area contributed by atoms with Gasteiger partial charge in [-0.2, -0.15) is 0 Å². The molecule has 3 heterocycles. The maximum Gasteiger partial charge on any atom is 0.433 e. The molecule has 2 fully saturated rings. The number of hydrogen-bond acceptors (Lipinski definition) is 16. The Labute approximate surface area is 443 Å². The fourth-order valence-electron chi connectivity index (χ4n) is 8.28. The van der Waals surface area contributed by atoms with Gasteiger partial charge in [0, 0.05) is 56.4 Å². The molecule has 0 spiro atoms. The summed E-state index contributed by atoms with van der Waals surface area (Å²) in [6.45, 7) is 7.13. The molecule has 1 aromatic heterocycles. The summed E-state index contributed by atoms with van der Waals surface area (Å²) in [4.78, 5) is 139. The minimum Gasteiger partial charge on any atom is -0.462 e. The number of carbonyl (C=O) groups excluding carboxylic acids is 10. The quantitative estimate of drug-likeness (QED) is 0.0116. The molecule has 2 saturated heterocycles. The maximum atomic E-state index is 13.7. The summed E-state index contributed by atoms with van der Waals surface area (Å²) < 4.78 is 21.1. The number of nitrogens with zero attached hydrogens (tertiary/aromatic N) is 4. The highest BCUT2D eigenvalue weighted by Crippen LogP contribution is 2.30. The molecule has 0 saturated carbocycles. The lowest BCUT2D eigenvalue weighted by molar-refractivity contribution is -0.402. The van der Waals surface area contributed by atoms with Crippen LogP contribution < -0.4 is 32.0 Å². The Morgan fingerprint density at radius 2 is 1.60 bits per heavy atom. The second kappa shape index (κ2) is 29.0. The van der Waals surface area contributed by atoms with Crippen LogP contribution in [-0.4, -0.2) is 126 Å². The monoisotopic (exact) mass is 1070 g/mol. The predicted molar refractivity (Wildman–Crippen MR) is 275 cm³/mol. The van der Waals surface area contributed by atoms with Crippen LogP contribution in [0.2, 0.25) is 0 Å². The van der Waals surface area contributed by atoms with Crippen molar-refractivity contribution in [2.45, 2.75) is 91.7 Å². The normalized spacial score (nSPS) is 15.7. The van der Waals surface area contributed by atoms with E-state index in [1.807, 2.05) is 0 Å². The fourth-order valence-corrected chi connectivity index (χ4v) is 8.28. The number of hydrazine groups is 1. The standard InChI is InChI=1S/C52H65N9O16/c1-5-75-50(69)35-14-18-38(19-15-35)60-49(68)40(30-39-20-21-44(77-39)61(72)73)48(67)59(60)25-27-74-26-23-55-52(71)76-31-34-12-16-37(17-13-34)56-46(65)36(10-9-22-54-51(53)70)29-41(62)45(32(2)3)57-42(63)11-7-6-8-24-58-43(64)28-33(4)47(58)66/h12-21,30,32-33,36,45H,5-11,22-29,31H2,1-4H3,(H,55,71)(H,56,65)(H,57,63)(H3,53,54,70)/b40-30-/t33?,36-,45+/m1/s1. The topological polar surface area (TPSA) is 339 Å². The average Bonchev–Trinajstić information content (AvgIpc) is 4.07. The van der Waals surface area contributed by atoms with Gasteiger partial charge in [0.1, 0.15) is 22.9 Å². The predicted octanol–water partition coefficient (Wildman–Crippen LogP) is 4.54. The molecule has 1 unspecified atom stereocenters. The number of Topliss-reactive ketones (excluding diaryl/α,β-unsaturated/α-hetero) is 1. The van der Waals surface area contributed by atoms with E-state index in [0.29, 0.717) is 43.5 Å². The largest absolute Gasteiger partial charge is 0.462 e. The molecule has 0 bridgehead atoms. The molecule has 5 rings (SSSR count). The van der Waals surface area contributed by atoms with Gasteiger partial charge in [0.05, 0.1) is 49.7 Å². The van der Waals surface area contributed by atoms with E-state index in [0.717, 1.165) is 22.2 Å². The van der Waals surface area contributed by atoms with Crippen LogP contribution in [0, 0.1) is 27.9 Å². The fraction of sp³-hybridized carbons (Fsp3) is 0.462. The number of nitrogens with one attached hydrogen (secondary N) is 4. The summed E-state index contributed by atoms with van der Waals surface area (Å²) in [6, 6.07) is 12.9. The van der Waals surface area contributed by atoms with Crippen LogP contribution in [0.25, 0.3) is 6.08 Å². The number of carbonyl (C=O) groups is 10. The zero-order valence-corrected chi connectivity index (χ0v) is 43.4. The molecule has 25 heteroatoms. The second-order valence-corrected chi connectivity index (χ2v) is 18.5. The molecule has 3 atom stereocenters. The van der Waals surface area contributed by atoms with E-state index in [1.54, 1.807) is 52.0 Å². The van der Waals surface area contributed by atoms with Crippen molar-refractivity contribution in [2.24, 2.45) is 23.5 Å². The molecule has 25 nitrogen and oxygen atoms in total. The number of alkyl carbamates (subject to hydrolysis) is 1. The Morgan fingerprint density at radius 3 is 2.23 bits per heavy atom. The van der Waals surface area contributed by atoms with Gasteiger partial charge in [0.15, 0.2) is 5.78 Å². The van der Waals surface area contributed by atoms with Gasteiger partial charge in [0.2, 0.25) is 23.6 Å². The summed E-state index contributed by atoms with van der Waals surface area (Å²) in [6.07, 6.45) is 2.62. The number of unbranched alkanes of at least 4 members (excludes halogenated alkanes) is 2. The van der Waals surface area contributed by atoms with Gasteiger partial charge in [-0.15, -0.1) is 0 Å². The first kappa shape index (κ1) is 59.4. The highest BCUT2D eigenvalue weighted by molar-refractivity contribution is 6.31. The number of ketones is 1. The Hall–Kier alpha value is -8.48.